The van der Waals surface area contributed by atoms with Crippen LogP contribution in [0.5, 0.6) is 5.75 Å². The van der Waals surface area contributed by atoms with Crippen molar-refractivity contribution < 1.29 is 4.74 Å². The number of rotatable bonds is 5. The van der Waals surface area contributed by atoms with Crippen LogP contribution in [0.25, 0.3) is 11.0 Å². The summed E-state index contributed by atoms with van der Waals surface area (Å²) >= 11 is 0. The molecule has 0 aliphatic rings. The van der Waals surface area contributed by atoms with Crippen LogP contribution in [-0.4, -0.2) is 16.6 Å². The number of aromatic amines is 2. The Hall–Kier alpha value is -2.69. The molecule has 0 bridgehead atoms. The molecule has 0 amide bonds. The van der Waals surface area contributed by atoms with Crippen LogP contribution >= 0.6 is 0 Å². The molecule has 0 radical (unpaired) electrons. The van der Waals surface area contributed by atoms with E-state index >= 15 is 0 Å². The monoisotopic (exact) mass is 283 g/mol. The zero-order valence-electron chi connectivity index (χ0n) is 11.8. The largest absolute Gasteiger partial charge is 0.494 e. The van der Waals surface area contributed by atoms with E-state index in [0.717, 1.165) is 22.5 Å². The zero-order valence-corrected chi connectivity index (χ0v) is 11.8. The number of anilines is 1. The fourth-order valence-corrected chi connectivity index (χ4v) is 2.22. The first kappa shape index (κ1) is 13.3. The summed E-state index contributed by atoms with van der Waals surface area (Å²) in [6.07, 6.45) is 0. The van der Waals surface area contributed by atoms with Crippen molar-refractivity contribution >= 4 is 16.7 Å². The van der Waals surface area contributed by atoms with E-state index < -0.39 is 0 Å². The number of hydrogen-bond acceptors (Lipinski definition) is 3. The molecule has 3 aromatic rings. The molecule has 1 aromatic heterocycles. The summed E-state index contributed by atoms with van der Waals surface area (Å²) in [4.78, 5) is 16.7. The predicted molar refractivity (Wildman–Crippen MR) is 83.9 cm³/mol. The Labute approximate surface area is 122 Å². The molecule has 0 atom stereocenters. The Morgan fingerprint density at radius 2 is 1.81 bits per heavy atom. The van der Waals surface area contributed by atoms with Gasteiger partial charge in [-0.3, -0.25) is 0 Å². The van der Waals surface area contributed by atoms with Crippen LogP contribution in [0.1, 0.15) is 12.5 Å². The lowest BCUT2D eigenvalue weighted by atomic mass is 10.2. The van der Waals surface area contributed by atoms with Crippen molar-refractivity contribution in [2.75, 3.05) is 11.9 Å². The molecule has 108 valence electrons. The third-order valence-electron chi connectivity index (χ3n) is 3.25. The number of nitrogens with one attached hydrogen (secondary N) is 3. The maximum absolute atomic E-state index is 11.2. The molecule has 0 aliphatic carbocycles. The van der Waals surface area contributed by atoms with Crippen molar-refractivity contribution in [3.05, 3.63) is 58.5 Å². The highest BCUT2D eigenvalue weighted by molar-refractivity contribution is 5.78. The second-order valence-electron chi connectivity index (χ2n) is 4.77. The van der Waals surface area contributed by atoms with Gasteiger partial charge in [-0.2, -0.15) is 0 Å². The van der Waals surface area contributed by atoms with Gasteiger partial charge in [0.1, 0.15) is 5.75 Å². The molecule has 5 nitrogen and oxygen atoms in total. The van der Waals surface area contributed by atoms with Crippen molar-refractivity contribution in [1.29, 1.82) is 0 Å². The molecule has 2 aromatic carbocycles. The van der Waals surface area contributed by atoms with Gasteiger partial charge in [0.2, 0.25) is 0 Å². The molecule has 0 unspecified atom stereocenters. The van der Waals surface area contributed by atoms with Crippen molar-refractivity contribution in [1.82, 2.24) is 9.97 Å². The molecule has 1 heterocycles. The quantitative estimate of drug-likeness (QED) is 0.674. The van der Waals surface area contributed by atoms with E-state index in [1.807, 2.05) is 49.4 Å². The maximum Gasteiger partial charge on any atom is 0.323 e. The van der Waals surface area contributed by atoms with Gasteiger partial charge >= 0.3 is 5.69 Å². The van der Waals surface area contributed by atoms with Gasteiger partial charge in [-0.25, -0.2) is 4.79 Å². The average molecular weight is 283 g/mol. The zero-order chi connectivity index (χ0) is 14.7. The van der Waals surface area contributed by atoms with Crippen LogP contribution in [0.3, 0.4) is 0 Å². The van der Waals surface area contributed by atoms with Crippen LogP contribution in [0.15, 0.2) is 47.3 Å². The minimum atomic E-state index is -0.186. The Morgan fingerprint density at radius 1 is 1.05 bits per heavy atom. The number of ether oxygens (including phenoxy) is 1. The summed E-state index contributed by atoms with van der Waals surface area (Å²) in [6, 6.07) is 13.8. The first-order valence-electron chi connectivity index (χ1n) is 6.92. The van der Waals surface area contributed by atoms with Gasteiger partial charge < -0.3 is 20.0 Å². The number of hydrogen-bond donors (Lipinski definition) is 3. The van der Waals surface area contributed by atoms with Crippen LogP contribution in [0.2, 0.25) is 0 Å². The highest BCUT2D eigenvalue weighted by atomic mass is 16.5. The van der Waals surface area contributed by atoms with Crippen LogP contribution in [0, 0.1) is 0 Å². The standard InChI is InChI=1S/C16H17N3O2/c1-2-21-13-6-3-11(4-7-13)10-17-12-5-8-14-15(9-12)19-16(20)18-14/h3-9,17H,2,10H2,1H3,(H2,18,19,20). The Morgan fingerprint density at radius 3 is 2.57 bits per heavy atom. The SMILES string of the molecule is CCOc1ccc(CNc2ccc3[nH]c(=O)[nH]c3c2)cc1. The first-order chi connectivity index (χ1) is 10.2. The predicted octanol–water partition coefficient (Wildman–Crippen LogP) is 2.87. The second kappa shape index (κ2) is 5.75. The summed E-state index contributed by atoms with van der Waals surface area (Å²) in [5.74, 6) is 0.882. The summed E-state index contributed by atoms with van der Waals surface area (Å²) < 4.78 is 5.42. The number of benzene rings is 2. The molecule has 21 heavy (non-hydrogen) atoms. The van der Waals surface area contributed by atoms with Gasteiger partial charge in [0.05, 0.1) is 17.6 Å². The van der Waals surface area contributed by atoms with Gasteiger partial charge in [0, 0.05) is 12.2 Å². The van der Waals surface area contributed by atoms with Crippen LogP contribution in [-0.2, 0) is 6.54 Å². The normalized spacial score (nSPS) is 10.7. The Kier molecular flexibility index (Phi) is 3.64. The van der Waals surface area contributed by atoms with Crippen molar-refractivity contribution in [3.63, 3.8) is 0 Å². The maximum atomic E-state index is 11.2. The highest BCUT2D eigenvalue weighted by Crippen LogP contribution is 2.17. The summed E-state index contributed by atoms with van der Waals surface area (Å²) in [6.45, 7) is 3.36. The second-order valence-corrected chi connectivity index (χ2v) is 4.77. The molecular weight excluding hydrogens is 266 g/mol. The molecule has 3 N–H and O–H groups in total. The number of fused-ring (bicyclic) bond motifs is 1. The average Bonchev–Trinajstić information content (AvgIpc) is 2.86. The summed E-state index contributed by atoms with van der Waals surface area (Å²) in [5.41, 5.74) is 3.56. The first-order valence-corrected chi connectivity index (χ1v) is 6.92. The molecule has 3 rings (SSSR count). The van der Waals surface area contributed by atoms with Crippen LogP contribution in [0.4, 0.5) is 5.69 Å². The minimum Gasteiger partial charge on any atom is -0.494 e. The van der Waals surface area contributed by atoms with Gasteiger partial charge in [-0.05, 0) is 42.8 Å². The molecule has 0 saturated carbocycles. The molecule has 0 aliphatic heterocycles. The van der Waals surface area contributed by atoms with E-state index in [0.29, 0.717) is 13.2 Å². The molecule has 0 spiro atoms. The topological polar surface area (TPSA) is 69.9 Å². The fourth-order valence-electron chi connectivity index (χ4n) is 2.22. The van der Waals surface area contributed by atoms with E-state index in [1.54, 1.807) is 0 Å². The molecule has 5 heteroatoms. The lowest BCUT2D eigenvalue weighted by Crippen LogP contribution is -2.00. The minimum absolute atomic E-state index is 0.186. The Balaban J connectivity index is 1.69. The number of imidazole rings is 1. The lowest BCUT2D eigenvalue weighted by molar-refractivity contribution is 0.340. The summed E-state index contributed by atoms with van der Waals surface area (Å²) in [7, 11) is 0. The third-order valence-corrected chi connectivity index (χ3v) is 3.25. The summed E-state index contributed by atoms with van der Waals surface area (Å²) in [5, 5.41) is 3.34. The number of H-pyrrole nitrogens is 2. The van der Waals surface area contributed by atoms with Gasteiger partial charge in [-0.15, -0.1) is 0 Å². The smallest absolute Gasteiger partial charge is 0.323 e. The fraction of sp³-hybridized carbons (Fsp3) is 0.188. The third kappa shape index (κ3) is 3.08. The molecule has 0 saturated heterocycles. The highest BCUT2D eigenvalue weighted by Gasteiger charge is 2.00. The van der Waals surface area contributed by atoms with E-state index in [-0.39, 0.29) is 5.69 Å². The van der Waals surface area contributed by atoms with Crippen molar-refractivity contribution in [3.8, 4) is 5.75 Å². The molecular formula is C16H17N3O2. The van der Waals surface area contributed by atoms with Gasteiger partial charge in [0.15, 0.2) is 0 Å². The van der Waals surface area contributed by atoms with Crippen molar-refractivity contribution in [2.24, 2.45) is 0 Å². The lowest BCUT2D eigenvalue weighted by Gasteiger charge is -2.08. The van der Waals surface area contributed by atoms with Gasteiger partial charge in [0.25, 0.3) is 0 Å². The van der Waals surface area contributed by atoms with E-state index in [4.69, 9.17) is 4.74 Å². The van der Waals surface area contributed by atoms with Gasteiger partial charge in [-0.1, -0.05) is 12.1 Å². The van der Waals surface area contributed by atoms with Crippen molar-refractivity contribution in [2.45, 2.75) is 13.5 Å². The van der Waals surface area contributed by atoms with E-state index in [1.165, 1.54) is 5.56 Å². The van der Waals surface area contributed by atoms with E-state index in [9.17, 15) is 4.79 Å². The molecule has 0 fully saturated rings. The number of aromatic nitrogens is 2. The van der Waals surface area contributed by atoms with Crippen LogP contribution < -0.4 is 15.7 Å². The van der Waals surface area contributed by atoms with E-state index in [2.05, 4.69) is 15.3 Å². The Bertz CT molecular complexity index is 787.